The molecule has 0 amide bonds. The molecule has 0 saturated carbocycles. The zero-order valence-corrected chi connectivity index (χ0v) is 11.1. The molecule has 0 fully saturated rings. The van der Waals surface area contributed by atoms with Crippen LogP contribution in [0.3, 0.4) is 0 Å². The summed E-state index contributed by atoms with van der Waals surface area (Å²) in [5.41, 5.74) is 1.28. The standard InChI is InChI=1S/C12H12IN3/c1-16(8-10-5-3-2-4-6-10)12-11(13)7-14-9-15-12/h2-7,9H,8H2,1H3. The molecule has 0 bridgehead atoms. The largest absolute Gasteiger partial charge is 0.354 e. The van der Waals surface area contributed by atoms with Gasteiger partial charge in [0, 0.05) is 19.8 Å². The van der Waals surface area contributed by atoms with Crippen LogP contribution in [0.1, 0.15) is 5.56 Å². The number of rotatable bonds is 3. The SMILES string of the molecule is CN(Cc1ccccc1)c1ncncc1I. The van der Waals surface area contributed by atoms with Crippen molar-refractivity contribution in [2.45, 2.75) is 6.54 Å². The van der Waals surface area contributed by atoms with Crippen molar-refractivity contribution in [1.82, 2.24) is 9.97 Å². The maximum atomic E-state index is 4.28. The third-order valence-corrected chi connectivity index (χ3v) is 3.03. The Balaban J connectivity index is 2.15. The predicted molar refractivity (Wildman–Crippen MR) is 73.3 cm³/mol. The molecule has 0 N–H and O–H groups in total. The molecule has 82 valence electrons. The molecule has 0 atom stereocenters. The monoisotopic (exact) mass is 325 g/mol. The Labute approximate surface area is 109 Å². The van der Waals surface area contributed by atoms with Gasteiger partial charge in [0.05, 0.1) is 3.57 Å². The first-order chi connectivity index (χ1) is 7.77. The van der Waals surface area contributed by atoms with Gasteiger partial charge in [0.15, 0.2) is 0 Å². The Morgan fingerprint density at radius 1 is 1.25 bits per heavy atom. The molecule has 0 radical (unpaired) electrons. The maximum Gasteiger partial charge on any atom is 0.145 e. The van der Waals surface area contributed by atoms with Gasteiger partial charge in [-0.25, -0.2) is 9.97 Å². The third-order valence-electron chi connectivity index (χ3n) is 2.27. The van der Waals surface area contributed by atoms with Crippen LogP contribution in [-0.4, -0.2) is 17.0 Å². The number of hydrogen-bond donors (Lipinski definition) is 0. The molecule has 1 aromatic carbocycles. The van der Waals surface area contributed by atoms with Crippen molar-refractivity contribution in [3.05, 3.63) is 52.0 Å². The molecule has 0 aliphatic heterocycles. The minimum Gasteiger partial charge on any atom is -0.354 e. The fraction of sp³-hybridized carbons (Fsp3) is 0.167. The minimum absolute atomic E-state index is 0.855. The lowest BCUT2D eigenvalue weighted by atomic mass is 10.2. The highest BCUT2D eigenvalue weighted by atomic mass is 127. The van der Waals surface area contributed by atoms with E-state index in [0.29, 0.717) is 0 Å². The lowest BCUT2D eigenvalue weighted by molar-refractivity contribution is 0.885. The van der Waals surface area contributed by atoms with Gasteiger partial charge in [0.1, 0.15) is 12.1 Å². The highest BCUT2D eigenvalue weighted by Gasteiger charge is 2.06. The molecule has 0 unspecified atom stereocenters. The van der Waals surface area contributed by atoms with Crippen molar-refractivity contribution in [3.63, 3.8) is 0 Å². The smallest absolute Gasteiger partial charge is 0.145 e. The fourth-order valence-electron chi connectivity index (χ4n) is 1.52. The van der Waals surface area contributed by atoms with Gasteiger partial charge >= 0.3 is 0 Å². The second-order valence-electron chi connectivity index (χ2n) is 3.54. The van der Waals surface area contributed by atoms with Crippen molar-refractivity contribution >= 4 is 28.4 Å². The molecule has 0 spiro atoms. The first-order valence-corrected chi connectivity index (χ1v) is 6.06. The fourth-order valence-corrected chi connectivity index (χ4v) is 2.23. The van der Waals surface area contributed by atoms with Crippen LogP contribution < -0.4 is 4.90 Å². The molecule has 0 saturated heterocycles. The van der Waals surface area contributed by atoms with E-state index in [1.807, 2.05) is 31.4 Å². The van der Waals surface area contributed by atoms with Crippen LogP contribution in [0.4, 0.5) is 5.82 Å². The van der Waals surface area contributed by atoms with E-state index in [1.54, 1.807) is 6.33 Å². The maximum absolute atomic E-state index is 4.28. The number of nitrogens with zero attached hydrogens (tertiary/aromatic N) is 3. The third kappa shape index (κ3) is 2.69. The van der Waals surface area contributed by atoms with Crippen molar-refractivity contribution in [2.75, 3.05) is 11.9 Å². The van der Waals surface area contributed by atoms with E-state index < -0.39 is 0 Å². The van der Waals surface area contributed by atoms with Crippen LogP contribution in [0.5, 0.6) is 0 Å². The molecule has 1 aromatic heterocycles. The normalized spacial score (nSPS) is 10.1. The molecule has 2 aromatic rings. The molecule has 16 heavy (non-hydrogen) atoms. The highest BCUT2D eigenvalue weighted by Crippen LogP contribution is 2.18. The second kappa shape index (κ2) is 5.25. The summed E-state index contributed by atoms with van der Waals surface area (Å²) in [5, 5.41) is 0. The highest BCUT2D eigenvalue weighted by molar-refractivity contribution is 14.1. The Kier molecular flexibility index (Phi) is 3.71. The van der Waals surface area contributed by atoms with Gasteiger partial charge in [-0.1, -0.05) is 30.3 Å². The Morgan fingerprint density at radius 2 is 2.00 bits per heavy atom. The number of aromatic nitrogens is 2. The Morgan fingerprint density at radius 3 is 2.69 bits per heavy atom. The molecule has 3 nitrogen and oxygen atoms in total. The number of anilines is 1. The van der Waals surface area contributed by atoms with E-state index in [4.69, 9.17) is 0 Å². The van der Waals surface area contributed by atoms with E-state index in [0.717, 1.165) is 15.9 Å². The average Bonchev–Trinajstić information content (AvgIpc) is 2.31. The summed E-state index contributed by atoms with van der Waals surface area (Å²) < 4.78 is 1.07. The molecule has 0 aliphatic carbocycles. The Hall–Kier alpha value is -1.17. The molecular weight excluding hydrogens is 313 g/mol. The Bertz CT molecular complexity index is 459. The van der Waals surface area contributed by atoms with Gasteiger partial charge in [0.25, 0.3) is 0 Å². The summed E-state index contributed by atoms with van der Waals surface area (Å²) in [6, 6.07) is 10.4. The van der Waals surface area contributed by atoms with Gasteiger partial charge in [-0.15, -0.1) is 0 Å². The van der Waals surface area contributed by atoms with Gasteiger partial charge in [-0.2, -0.15) is 0 Å². The molecule has 2 rings (SSSR count). The zero-order valence-electron chi connectivity index (χ0n) is 8.97. The summed E-state index contributed by atoms with van der Waals surface area (Å²) in [7, 11) is 2.04. The summed E-state index contributed by atoms with van der Waals surface area (Å²) in [4.78, 5) is 10.4. The summed E-state index contributed by atoms with van der Waals surface area (Å²) >= 11 is 2.25. The second-order valence-corrected chi connectivity index (χ2v) is 4.70. The molecule has 0 aliphatic rings. The first-order valence-electron chi connectivity index (χ1n) is 4.98. The van der Waals surface area contributed by atoms with E-state index >= 15 is 0 Å². The van der Waals surface area contributed by atoms with E-state index in [2.05, 4.69) is 49.6 Å². The van der Waals surface area contributed by atoms with Crippen molar-refractivity contribution < 1.29 is 0 Å². The quantitative estimate of drug-likeness (QED) is 0.813. The lowest BCUT2D eigenvalue weighted by Crippen LogP contribution is -2.18. The first kappa shape index (κ1) is 11.3. The number of benzene rings is 1. The van der Waals surface area contributed by atoms with Gasteiger partial charge in [-0.05, 0) is 28.2 Å². The van der Waals surface area contributed by atoms with Gasteiger partial charge < -0.3 is 4.90 Å². The molecular formula is C12H12IN3. The lowest BCUT2D eigenvalue weighted by Gasteiger charge is -2.18. The zero-order chi connectivity index (χ0) is 11.4. The average molecular weight is 325 g/mol. The predicted octanol–water partition coefficient (Wildman–Crippen LogP) is 2.72. The molecule has 4 heteroatoms. The van der Waals surface area contributed by atoms with E-state index in [9.17, 15) is 0 Å². The van der Waals surface area contributed by atoms with Crippen LogP contribution >= 0.6 is 22.6 Å². The van der Waals surface area contributed by atoms with E-state index in [1.165, 1.54) is 5.56 Å². The topological polar surface area (TPSA) is 29.0 Å². The van der Waals surface area contributed by atoms with Crippen LogP contribution in [0.15, 0.2) is 42.9 Å². The van der Waals surface area contributed by atoms with Crippen molar-refractivity contribution in [2.24, 2.45) is 0 Å². The van der Waals surface area contributed by atoms with Crippen LogP contribution in [-0.2, 0) is 6.54 Å². The van der Waals surface area contributed by atoms with Crippen molar-refractivity contribution in [1.29, 1.82) is 0 Å². The number of hydrogen-bond acceptors (Lipinski definition) is 3. The van der Waals surface area contributed by atoms with Crippen LogP contribution in [0.25, 0.3) is 0 Å². The summed E-state index contributed by atoms with van der Waals surface area (Å²) in [5.74, 6) is 0.972. The van der Waals surface area contributed by atoms with E-state index in [-0.39, 0.29) is 0 Å². The number of halogens is 1. The summed E-state index contributed by atoms with van der Waals surface area (Å²) in [6.45, 7) is 0.855. The van der Waals surface area contributed by atoms with Crippen molar-refractivity contribution in [3.8, 4) is 0 Å². The van der Waals surface area contributed by atoms with Gasteiger partial charge in [-0.3, -0.25) is 0 Å². The van der Waals surface area contributed by atoms with Gasteiger partial charge in [0.2, 0.25) is 0 Å². The summed E-state index contributed by atoms with van der Waals surface area (Å²) in [6.07, 6.45) is 3.41. The molecule has 1 heterocycles. The van der Waals surface area contributed by atoms with Crippen LogP contribution in [0, 0.1) is 3.57 Å². The van der Waals surface area contributed by atoms with Crippen LogP contribution in [0.2, 0.25) is 0 Å². The minimum atomic E-state index is 0.855.